The van der Waals surface area contributed by atoms with Gasteiger partial charge in [0.1, 0.15) is 12.7 Å². The van der Waals surface area contributed by atoms with Crippen molar-refractivity contribution in [3.63, 3.8) is 0 Å². The fraction of sp³-hybridized carbons (Fsp3) is 0.820. The Labute approximate surface area is 378 Å². The number of phosphoric acid groups is 1. The maximum atomic E-state index is 12.4. The summed E-state index contributed by atoms with van der Waals surface area (Å²) in [6.45, 7) is 2.50. The highest BCUT2D eigenvalue weighted by Crippen LogP contribution is 2.43. The molecule has 3 atom stereocenters. The van der Waals surface area contributed by atoms with E-state index in [2.05, 4.69) is 55.6 Å². The monoisotopic (exact) mass is 898 g/mol. The summed E-state index contributed by atoms with van der Waals surface area (Å²) in [5.74, 6) is -2.38. The molecule has 0 aliphatic carbocycles. The van der Waals surface area contributed by atoms with Gasteiger partial charge in [-0.1, -0.05) is 211 Å². The van der Waals surface area contributed by atoms with Crippen molar-refractivity contribution in [1.29, 1.82) is 0 Å². The van der Waals surface area contributed by atoms with E-state index in [9.17, 15) is 34.1 Å². The average molecular weight is 898 g/mol. The number of esters is 1. The normalized spacial score (nSPS) is 13.9. The van der Waals surface area contributed by atoms with Gasteiger partial charge in [0, 0.05) is 12.8 Å². The highest BCUT2D eigenvalue weighted by Gasteiger charge is 2.28. The molecule has 0 bridgehead atoms. The van der Waals surface area contributed by atoms with Gasteiger partial charge in [-0.15, -0.1) is 0 Å². The van der Waals surface area contributed by atoms with Gasteiger partial charge in [-0.3, -0.25) is 18.6 Å². The molecule has 0 aromatic heterocycles. The molecule has 3 unspecified atom stereocenters. The zero-order chi connectivity index (χ0) is 45.6. The second-order valence-electron chi connectivity index (χ2n) is 17.0. The third-order valence-corrected chi connectivity index (χ3v) is 11.9. The summed E-state index contributed by atoms with van der Waals surface area (Å²) in [6, 6.07) is -1.55. The van der Waals surface area contributed by atoms with E-state index < -0.39 is 57.6 Å². The Morgan fingerprint density at radius 1 is 0.532 bits per heavy atom. The Bertz CT molecular complexity index is 1190. The van der Waals surface area contributed by atoms with Gasteiger partial charge in [-0.2, -0.15) is 0 Å². The molecule has 0 fully saturated rings. The summed E-state index contributed by atoms with van der Waals surface area (Å²) >= 11 is 0. The van der Waals surface area contributed by atoms with Gasteiger partial charge in [0.25, 0.3) is 0 Å². The van der Waals surface area contributed by atoms with Crippen LogP contribution in [0.15, 0.2) is 36.5 Å². The maximum absolute atomic E-state index is 12.4. The van der Waals surface area contributed by atoms with Gasteiger partial charge < -0.3 is 25.2 Å². The maximum Gasteiger partial charge on any atom is 0.472 e. The second kappa shape index (κ2) is 45.3. The minimum atomic E-state index is -4.76. The first-order chi connectivity index (χ1) is 30.1. The van der Waals surface area contributed by atoms with Gasteiger partial charge in [0.05, 0.1) is 13.2 Å². The largest absolute Gasteiger partial charge is 0.480 e. The topological polar surface area (TPSA) is 169 Å². The summed E-state index contributed by atoms with van der Waals surface area (Å²) < 4.78 is 26.9. The van der Waals surface area contributed by atoms with Crippen LogP contribution in [-0.4, -0.2) is 64.9 Å². The van der Waals surface area contributed by atoms with Crippen molar-refractivity contribution in [2.45, 2.75) is 244 Å². The second-order valence-corrected chi connectivity index (χ2v) is 18.4. The molecule has 362 valence electrons. The number of amides is 1. The lowest BCUT2D eigenvalue weighted by Gasteiger charge is -2.18. The summed E-state index contributed by atoms with van der Waals surface area (Å²) in [4.78, 5) is 46.1. The number of carboxylic acids is 1. The van der Waals surface area contributed by atoms with Crippen molar-refractivity contribution in [3.05, 3.63) is 36.5 Å². The minimum Gasteiger partial charge on any atom is -0.480 e. The number of phosphoric ester groups is 1. The number of carbonyl (C=O) groups excluding carboxylic acids is 2. The molecule has 62 heavy (non-hydrogen) atoms. The van der Waals surface area contributed by atoms with Crippen LogP contribution in [-0.2, 0) is 32.7 Å². The van der Waals surface area contributed by atoms with Crippen molar-refractivity contribution in [2.24, 2.45) is 0 Å². The van der Waals surface area contributed by atoms with Crippen LogP contribution in [0.1, 0.15) is 232 Å². The Hall–Kier alpha value is -2.30. The van der Waals surface area contributed by atoms with Crippen LogP contribution in [0.25, 0.3) is 0 Å². The van der Waals surface area contributed by atoms with Gasteiger partial charge in [-0.05, 0) is 44.9 Å². The van der Waals surface area contributed by atoms with Crippen molar-refractivity contribution in [2.75, 3.05) is 19.8 Å². The van der Waals surface area contributed by atoms with Gasteiger partial charge in [-0.25, -0.2) is 9.36 Å². The fourth-order valence-electron chi connectivity index (χ4n) is 7.10. The zero-order valence-electron chi connectivity index (χ0n) is 39.4. The molecule has 0 spiro atoms. The lowest BCUT2D eigenvalue weighted by molar-refractivity contribution is -0.147. The van der Waals surface area contributed by atoms with Crippen molar-refractivity contribution in [3.8, 4) is 0 Å². The third-order valence-electron chi connectivity index (χ3n) is 10.9. The van der Waals surface area contributed by atoms with E-state index in [-0.39, 0.29) is 12.8 Å². The number of aliphatic hydroxyl groups excluding tert-OH is 1. The summed E-state index contributed by atoms with van der Waals surface area (Å²) in [5.41, 5.74) is 0. The van der Waals surface area contributed by atoms with E-state index >= 15 is 0 Å². The highest BCUT2D eigenvalue weighted by atomic mass is 31.2. The van der Waals surface area contributed by atoms with E-state index in [4.69, 9.17) is 13.8 Å². The first-order valence-electron chi connectivity index (χ1n) is 25.0. The quantitative estimate of drug-likeness (QED) is 0.0200. The molecule has 0 aromatic carbocycles. The van der Waals surface area contributed by atoms with Gasteiger partial charge >= 0.3 is 19.8 Å². The number of hydrogen-bond donors (Lipinski definition) is 4. The van der Waals surface area contributed by atoms with Crippen LogP contribution < -0.4 is 5.32 Å². The Morgan fingerprint density at radius 3 is 1.40 bits per heavy atom. The summed E-state index contributed by atoms with van der Waals surface area (Å²) in [7, 11) is -4.76. The first kappa shape index (κ1) is 59.7. The standard InChI is InChI=1S/C50H92NO10P/c1-3-5-7-9-11-13-15-17-19-20-21-22-23-24-25-26-28-29-31-33-35-37-39-41-48(53)51-47(50(55)56)45-61-62(57,58)60-44-46(52)43-59-49(54)42-40-38-36-34-32-30-27-18-16-14-12-10-8-6-4-2/h6,8,12,14,18,27,46-47,52H,3-5,7,9-11,13,15-17,19-26,28-45H2,1-2H3,(H,51,53)(H,55,56)(H,57,58)/b8-6-,14-12-,27-18-. The van der Waals surface area contributed by atoms with Gasteiger partial charge in [0.15, 0.2) is 6.04 Å². The number of hydrogen-bond acceptors (Lipinski definition) is 8. The summed E-state index contributed by atoms with van der Waals surface area (Å²) in [5, 5.41) is 21.9. The molecule has 0 rings (SSSR count). The number of carboxylic acid groups (broad SMARTS) is 1. The zero-order valence-corrected chi connectivity index (χ0v) is 40.3. The molecule has 0 aliphatic rings. The van der Waals surface area contributed by atoms with E-state index in [0.717, 1.165) is 70.6 Å². The average Bonchev–Trinajstić information content (AvgIpc) is 3.25. The molecule has 0 heterocycles. The Balaban J connectivity index is 3.81. The lowest BCUT2D eigenvalue weighted by Crippen LogP contribution is -2.43. The molecule has 0 saturated heterocycles. The number of nitrogens with one attached hydrogen (secondary N) is 1. The number of allylic oxidation sites excluding steroid dienone is 6. The van der Waals surface area contributed by atoms with E-state index in [1.54, 1.807) is 0 Å². The third kappa shape index (κ3) is 44.3. The summed E-state index contributed by atoms with van der Waals surface area (Å²) in [6.07, 6.45) is 50.3. The predicted molar refractivity (Wildman–Crippen MR) is 254 cm³/mol. The molecule has 12 heteroatoms. The number of aliphatic carboxylic acids is 1. The highest BCUT2D eigenvalue weighted by molar-refractivity contribution is 7.47. The SMILES string of the molecule is CC/C=C\C/C=C\C/C=C\CCCCCCCC(=O)OCC(O)COP(=O)(O)OCC(NC(=O)CCCCCCCCCCCCCCCCCCCCCCCCC)C(=O)O. The van der Waals surface area contributed by atoms with Crippen molar-refractivity contribution < 1.29 is 47.8 Å². The fourth-order valence-corrected chi connectivity index (χ4v) is 7.87. The molecule has 0 aromatic rings. The number of aliphatic hydroxyl groups is 1. The smallest absolute Gasteiger partial charge is 0.472 e. The van der Waals surface area contributed by atoms with E-state index in [1.165, 1.54) is 122 Å². The number of rotatable bonds is 47. The molecule has 1 amide bonds. The molecular weight excluding hydrogens is 806 g/mol. The first-order valence-corrected chi connectivity index (χ1v) is 26.5. The van der Waals surface area contributed by atoms with Crippen LogP contribution in [0, 0.1) is 0 Å². The Morgan fingerprint density at radius 2 is 0.935 bits per heavy atom. The van der Waals surface area contributed by atoms with E-state index in [0.29, 0.717) is 12.8 Å². The molecule has 0 aliphatic heterocycles. The molecule has 11 nitrogen and oxygen atoms in total. The Kier molecular flexibility index (Phi) is 43.6. The molecule has 4 N–H and O–H groups in total. The van der Waals surface area contributed by atoms with Crippen LogP contribution in [0.2, 0.25) is 0 Å². The minimum absolute atomic E-state index is 0.148. The number of carbonyl (C=O) groups is 3. The van der Waals surface area contributed by atoms with Crippen LogP contribution in [0.4, 0.5) is 0 Å². The van der Waals surface area contributed by atoms with E-state index in [1.807, 2.05) is 0 Å². The molecule has 0 saturated carbocycles. The van der Waals surface area contributed by atoms with Crippen LogP contribution in [0.3, 0.4) is 0 Å². The molecular formula is C50H92NO10P. The van der Waals surface area contributed by atoms with Crippen LogP contribution >= 0.6 is 7.82 Å². The van der Waals surface area contributed by atoms with Gasteiger partial charge in [0.2, 0.25) is 5.91 Å². The lowest BCUT2D eigenvalue weighted by atomic mass is 10.0. The predicted octanol–water partition coefficient (Wildman–Crippen LogP) is 13.6. The van der Waals surface area contributed by atoms with Crippen molar-refractivity contribution >= 4 is 25.7 Å². The molecule has 0 radical (unpaired) electrons. The number of unbranched alkanes of at least 4 members (excludes halogenated alkanes) is 27. The number of ether oxygens (including phenoxy) is 1. The van der Waals surface area contributed by atoms with Crippen molar-refractivity contribution in [1.82, 2.24) is 5.32 Å². The van der Waals surface area contributed by atoms with Crippen LogP contribution in [0.5, 0.6) is 0 Å².